The molecule has 1 heterocycles. The van der Waals surface area contributed by atoms with E-state index in [4.69, 9.17) is 0 Å². The Morgan fingerprint density at radius 3 is 2.41 bits per heavy atom. The smallest absolute Gasteiger partial charge is 0.321 e. The first-order valence-corrected chi connectivity index (χ1v) is 9.43. The molecule has 0 atom stereocenters. The Morgan fingerprint density at radius 2 is 1.72 bits per heavy atom. The van der Waals surface area contributed by atoms with E-state index in [-0.39, 0.29) is 29.9 Å². The van der Waals surface area contributed by atoms with Crippen molar-refractivity contribution < 1.29 is 22.8 Å². The molecule has 0 spiro atoms. The van der Waals surface area contributed by atoms with E-state index >= 15 is 0 Å². The Balaban J connectivity index is 1.42. The number of carbonyl (C=O) groups excluding carboxylic acids is 2. The minimum Gasteiger partial charge on any atom is -0.352 e. The van der Waals surface area contributed by atoms with Crippen molar-refractivity contribution in [3.8, 4) is 0 Å². The second-order valence-corrected chi connectivity index (χ2v) is 7.06. The summed E-state index contributed by atoms with van der Waals surface area (Å²) in [6.07, 6.45) is 1.56. The molecule has 29 heavy (non-hydrogen) atoms. The van der Waals surface area contributed by atoms with Crippen LogP contribution in [0.15, 0.2) is 42.5 Å². The van der Waals surface area contributed by atoms with E-state index in [0.29, 0.717) is 44.0 Å². The number of rotatable bonds is 5. The van der Waals surface area contributed by atoms with Crippen molar-refractivity contribution >= 4 is 17.6 Å². The Hall–Kier alpha value is -3.03. The highest BCUT2D eigenvalue weighted by atomic mass is 19.1. The van der Waals surface area contributed by atoms with Crippen LogP contribution in [-0.2, 0) is 11.3 Å². The number of hydrogen-bond acceptors (Lipinski definition) is 2. The van der Waals surface area contributed by atoms with Gasteiger partial charge in [-0.3, -0.25) is 4.79 Å². The second-order valence-electron chi connectivity index (χ2n) is 7.06. The van der Waals surface area contributed by atoms with Crippen LogP contribution >= 0.6 is 0 Å². The highest BCUT2D eigenvalue weighted by Crippen LogP contribution is 2.22. The van der Waals surface area contributed by atoms with E-state index in [9.17, 15) is 22.8 Å². The maximum Gasteiger partial charge on any atom is 0.321 e. The first-order valence-electron chi connectivity index (χ1n) is 9.43. The highest BCUT2D eigenvalue weighted by Gasteiger charge is 2.25. The summed E-state index contributed by atoms with van der Waals surface area (Å²) in [4.78, 5) is 25.9. The zero-order valence-electron chi connectivity index (χ0n) is 15.8. The molecule has 5 nitrogen and oxygen atoms in total. The number of nitrogens with one attached hydrogen (secondary N) is 2. The standard InChI is InChI=1S/C21H22F3N3O2/c22-16-5-6-19(18(24)12-16)26-21(29)27-9-7-14(8-10-27)11-20(28)25-13-15-3-1-2-4-17(15)23/h1-6,12,14H,7-11,13H2,(H,25,28)(H,26,29). The zero-order chi connectivity index (χ0) is 20.8. The minimum absolute atomic E-state index is 0.0777. The average Bonchev–Trinajstić information content (AvgIpc) is 2.70. The molecule has 1 aliphatic heterocycles. The van der Waals surface area contributed by atoms with Crippen molar-refractivity contribution in [3.05, 3.63) is 65.5 Å². The predicted octanol–water partition coefficient (Wildman–Crippen LogP) is 4.05. The van der Waals surface area contributed by atoms with Crippen molar-refractivity contribution in [2.75, 3.05) is 18.4 Å². The number of piperidine rings is 1. The van der Waals surface area contributed by atoms with Gasteiger partial charge in [0.25, 0.3) is 0 Å². The van der Waals surface area contributed by atoms with Gasteiger partial charge in [-0.25, -0.2) is 18.0 Å². The van der Waals surface area contributed by atoms with Gasteiger partial charge in [0.15, 0.2) is 0 Å². The number of amides is 3. The third-order valence-corrected chi connectivity index (χ3v) is 4.98. The predicted molar refractivity (Wildman–Crippen MR) is 103 cm³/mol. The number of likely N-dealkylation sites (tertiary alicyclic amines) is 1. The monoisotopic (exact) mass is 405 g/mol. The summed E-state index contributed by atoms with van der Waals surface area (Å²) in [5.41, 5.74) is 0.353. The van der Waals surface area contributed by atoms with E-state index in [1.54, 1.807) is 18.2 Å². The van der Waals surface area contributed by atoms with Gasteiger partial charge < -0.3 is 15.5 Å². The molecule has 8 heteroatoms. The molecule has 0 bridgehead atoms. The van der Waals surface area contributed by atoms with Crippen LogP contribution in [0, 0.1) is 23.4 Å². The van der Waals surface area contributed by atoms with Crippen LogP contribution in [0.1, 0.15) is 24.8 Å². The number of hydrogen-bond donors (Lipinski definition) is 2. The molecule has 154 valence electrons. The van der Waals surface area contributed by atoms with Gasteiger partial charge in [-0.05, 0) is 37.0 Å². The molecule has 0 aromatic heterocycles. The summed E-state index contributed by atoms with van der Waals surface area (Å²) in [5.74, 6) is -1.95. The van der Waals surface area contributed by atoms with Gasteiger partial charge in [0, 0.05) is 37.7 Å². The summed E-state index contributed by atoms with van der Waals surface area (Å²) in [6.45, 7) is 0.996. The molecule has 2 N–H and O–H groups in total. The van der Waals surface area contributed by atoms with Gasteiger partial charge in [-0.15, -0.1) is 0 Å². The fourth-order valence-corrected chi connectivity index (χ4v) is 3.30. The quantitative estimate of drug-likeness (QED) is 0.788. The molecular weight excluding hydrogens is 383 g/mol. The Kier molecular flexibility index (Phi) is 6.74. The number of benzene rings is 2. The highest BCUT2D eigenvalue weighted by molar-refractivity contribution is 5.89. The Bertz CT molecular complexity index is 883. The number of halogens is 3. The SMILES string of the molecule is O=C(CC1CCN(C(=O)Nc2ccc(F)cc2F)CC1)NCc1ccccc1F. The lowest BCUT2D eigenvalue weighted by atomic mass is 9.93. The molecule has 0 unspecified atom stereocenters. The van der Waals surface area contributed by atoms with Crippen molar-refractivity contribution in [2.45, 2.75) is 25.8 Å². The van der Waals surface area contributed by atoms with Gasteiger partial charge in [0.05, 0.1) is 5.69 Å². The fraction of sp³-hybridized carbons (Fsp3) is 0.333. The van der Waals surface area contributed by atoms with Gasteiger partial charge in [-0.2, -0.15) is 0 Å². The summed E-state index contributed by atoms with van der Waals surface area (Å²) in [7, 11) is 0. The largest absolute Gasteiger partial charge is 0.352 e. The molecule has 0 saturated carbocycles. The van der Waals surface area contributed by atoms with Crippen LogP contribution in [0.25, 0.3) is 0 Å². The summed E-state index contributed by atoms with van der Waals surface area (Å²) in [6, 6.07) is 8.77. The van der Waals surface area contributed by atoms with Crippen molar-refractivity contribution in [1.82, 2.24) is 10.2 Å². The Morgan fingerprint density at radius 1 is 1.00 bits per heavy atom. The second kappa shape index (κ2) is 9.45. The molecule has 2 aromatic carbocycles. The van der Waals surface area contributed by atoms with E-state index < -0.39 is 17.7 Å². The molecule has 2 aromatic rings. The molecule has 1 saturated heterocycles. The maximum absolute atomic E-state index is 13.7. The van der Waals surface area contributed by atoms with E-state index in [1.165, 1.54) is 17.0 Å². The van der Waals surface area contributed by atoms with Gasteiger partial charge in [-0.1, -0.05) is 18.2 Å². The van der Waals surface area contributed by atoms with E-state index in [2.05, 4.69) is 10.6 Å². The van der Waals surface area contributed by atoms with Crippen LogP contribution in [0.3, 0.4) is 0 Å². The average molecular weight is 405 g/mol. The molecule has 1 aliphatic rings. The van der Waals surface area contributed by atoms with Crippen molar-refractivity contribution in [2.24, 2.45) is 5.92 Å². The molecule has 0 aliphatic carbocycles. The number of urea groups is 1. The molecular formula is C21H22F3N3O2. The van der Waals surface area contributed by atoms with E-state index in [0.717, 1.165) is 6.07 Å². The number of anilines is 1. The van der Waals surface area contributed by atoms with Gasteiger partial charge >= 0.3 is 6.03 Å². The van der Waals surface area contributed by atoms with Crippen molar-refractivity contribution in [1.29, 1.82) is 0 Å². The van der Waals surface area contributed by atoms with Crippen molar-refractivity contribution in [3.63, 3.8) is 0 Å². The lowest BCUT2D eigenvalue weighted by Crippen LogP contribution is -2.42. The van der Waals surface area contributed by atoms with Gasteiger partial charge in [0.1, 0.15) is 17.5 Å². The number of nitrogens with zero attached hydrogens (tertiary/aromatic N) is 1. The summed E-state index contributed by atoms with van der Waals surface area (Å²) < 4.78 is 40.2. The molecule has 3 rings (SSSR count). The molecule has 3 amide bonds. The topological polar surface area (TPSA) is 61.4 Å². The lowest BCUT2D eigenvalue weighted by molar-refractivity contribution is -0.122. The third-order valence-electron chi connectivity index (χ3n) is 4.98. The number of carbonyl (C=O) groups is 2. The van der Waals surface area contributed by atoms with Gasteiger partial charge in [0.2, 0.25) is 5.91 Å². The first-order chi connectivity index (χ1) is 13.9. The summed E-state index contributed by atoms with van der Waals surface area (Å²) in [5, 5.41) is 5.16. The normalized spacial score (nSPS) is 14.5. The van der Waals surface area contributed by atoms with Crippen LogP contribution < -0.4 is 10.6 Å². The lowest BCUT2D eigenvalue weighted by Gasteiger charge is -2.31. The molecule has 0 radical (unpaired) electrons. The maximum atomic E-state index is 13.7. The van der Waals surface area contributed by atoms with Crippen LogP contribution in [0.4, 0.5) is 23.7 Å². The zero-order valence-corrected chi connectivity index (χ0v) is 15.8. The molecule has 1 fully saturated rings. The van der Waals surface area contributed by atoms with Crippen LogP contribution in [-0.4, -0.2) is 29.9 Å². The first kappa shape index (κ1) is 20.7. The van der Waals surface area contributed by atoms with Crippen LogP contribution in [0.2, 0.25) is 0 Å². The van der Waals surface area contributed by atoms with E-state index in [1.807, 2.05) is 0 Å². The third kappa shape index (κ3) is 5.73. The summed E-state index contributed by atoms with van der Waals surface area (Å²) >= 11 is 0. The van der Waals surface area contributed by atoms with Crippen LogP contribution in [0.5, 0.6) is 0 Å². The fourth-order valence-electron chi connectivity index (χ4n) is 3.30. The minimum atomic E-state index is -0.834. The Labute approximate surface area is 166 Å².